The maximum Gasteiger partial charge on any atom is 0.253 e. The number of fused-ring (bicyclic) bond motifs is 1. The Kier molecular flexibility index (Phi) is 6.62. The minimum absolute atomic E-state index is 0.179. The van der Waals surface area contributed by atoms with Crippen LogP contribution in [-0.4, -0.2) is 18.4 Å². The number of anilines is 1. The van der Waals surface area contributed by atoms with E-state index in [0.717, 1.165) is 33.2 Å². The van der Waals surface area contributed by atoms with Gasteiger partial charge in [-0.1, -0.05) is 74.5 Å². The van der Waals surface area contributed by atoms with E-state index in [1.54, 1.807) is 0 Å². The second-order valence-corrected chi connectivity index (χ2v) is 7.37. The van der Waals surface area contributed by atoms with Crippen molar-refractivity contribution < 1.29 is 14.4 Å². The van der Waals surface area contributed by atoms with Gasteiger partial charge in [-0.15, -0.1) is 0 Å². The molecule has 5 heteroatoms. The van der Waals surface area contributed by atoms with E-state index in [1.807, 2.05) is 67.6 Å². The van der Waals surface area contributed by atoms with Crippen molar-refractivity contribution in [2.45, 2.75) is 33.1 Å². The number of para-hydroxylation sites is 1. The van der Waals surface area contributed by atoms with E-state index in [-0.39, 0.29) is 30.8 Å². The van der Waals surface area contributed by atoms with Crippen LogP contribution >= 0.6 is 0 Å². The first-order valence-electron chi connectivity index (χ1n) is 9.72. The molecule has 0 spiro atoms. The summed E-state index contributed by atoms with van der Waals surface area (Å²) in [5.74, 6) is -0.328. The average Bonchev–Trinajstić information content (AvgIpc) is 2.69. The highest BCUT2D eigenvalue weighted by Crippen LogP contribution is 2.27. The smallest absolute Gasteiger partial charge is 0.253 e. The van der Waals surface area contributed by atoms with Crippen LogP contribution in [0.2, 0.25) is 0 Å². The van der Waals surface area contributed by atoms with Crippen molar-refractivity contribution >= 4 is 28.3 Å². The molecule has 0 unspecified atom stereocenters. The minimum atomic E-state index is -0.313. The van der Waals surface area contributed by atoms with Gasteiger partial charge in [0.25, 0.3) is 5.91 Å². The summed E-state index contributed by atoms with van der Waals surface area (Å²) in [5.41, 5.74) is 6.14. The van der Waals surface area contributed by atoms with Crippen molar-refractivity contribution in [2.75, 3.05) is 11.9 Å². The summed E-state index contributed by atoms with van der Waals surface area (Å²) in [7, 11) is 0. The molecular weight excluding hydrogens is 364 g/mol. The van der Waals surface area contributed by atoms with Gasteiger partial charge < -0.3 is 5.32 Å². The molecule has 2 N–H and O–H groups in total. The lowest BCUT2D eigenvalue weighted by Crippen LogP contribution is -2.30. The maximum absolute atomic E-state index is 12.3. The fraction of sp³-hybridized carbons (Fsp3) is 0.250. The monoisotopic (exact) mass is 390 g/mol. The number of amides is 2. The van der Waals surface area contributed by atoms with Crippen LogP contribution < -0.4 is 10.8 Å². The quantitative estimate of drug-likeness (QED) is 0.584. The van der Waals surface area contributed by atoms with Gasteiger partial charge in [0, 0.05) is 5.69 Å². The third-order valence-corrected chi connectivity index (χ3v) is 4.81. The Morgan fingerprint density at radius 1 is 0.931 bits per heavy atom. The van der Waals surface area contributed by atoms with Crippen LogP contribution in [-0.2, 0) is 20.8 Å². The molecule has 3 rings (SSSR count). The molecule has 0 saturated heterocycles. The Labute approximate surface area is 171 Å². The highest BCUT2D eigenvalue weighted by molar-refractivity contribution is 5.93. The zero-order chi connectivity index (χ0) is 20.8. The van der Waals surface area contributed by atoms with Crippen LogP contribution in [0.25, 0.3) is 10.8 Å². The van der Waals surface area contributed by atoms with Gasteiger partial charge in [0.15, 0.2) is 6.61 Å². The van der Waals surface area contributed by atoms with Gasteiger partial charge >= 0.3 is 0 Å². The van der Waals surface area contributed by atoms with E-state index in [9.17, 15) is 9.59 Å². The highest BCUT2D eigenvalue weighted by atomic mass is 16.7. The first kappa shape index (κ1) is 20.6. The Bertz CT molecular complexity index is 1020. The molecule has 0 bridgehead atoms. The Morgan fingerprint density at radius 2 is 1.66 bits per heavy atom. The zero-order valence-corrected chi connectivity index (χ0v) is 17.0. The van der Waals surface area contributed by atoms with E-state index in [1.165, 1.54) is 0 Å². The fourth-order valence-electron chi connectivity index (χ4n) is 3.36. The van der Waals surface area contributed by atoms with Crippen LogP contribution in [0.15, 0.2) is 60.7 Å². The topological polar surface area (TPSA) is 67.4 Å². The van der Waals surface area contributed by atoms with Gasteiger partial charge in [-0.05, 0) is 40.3 Å². The van der Waals surface area contributed by atoms with Crippen LogP contribution in [0.4, 0.5) is 5.69 Å². The fourth-order valence-corrected chi connectivity index (χ4v) is 3.36. The molecule has 0 heterocycles. The summed E-state index contributed by atoms with van der Waals surface area (Å²) in [6.45, 7) is 5.85. The van der Waals surface area contributed by atoms with Gasteiger partial charge in [0.2, 0.25) is 5.91 Å². The van der Waals surface area contributed by atoms with Crippen molar-refractivity contribution in [1.82, 2.24) is 5.48 Å². The molecule has 5 nitrogen and oxygen atoms in total. The van der Waals surface area contributed by atoms with Crippen molar-refractivity contribution in [3.63, 3.8) is 0 Å². The van der Waals surface area contributed by atoms with Crippen molar-refractivity contribution in [3.8, 4) is 0 Å². The number of aryl methyl sites for hydroxylation is 1. The normalized spacial score (nSPS) is 10.9. The third kappa shape index (κ3) is 5.21. The van der Waals surface area contributed by atoms with Crippen LogP contribution in [0.5, 0.6) is 0 Å². The molecule has 0 aliphatic carbocycles. The highest BCUT2D eigenvalue weighted by Gasteiger charge is 2.13. The SMILES string of the molecule is Cc1cccc(C(C)C)c1NC(=O)CONC(=O)Cc1cccc2ccccc12. The number of hydrogen-bond acceptors (Lipinski definition) is 3. The van der Waals surface area contributed by atoms with Crippen molar-refractivity contribution in [2.24, 2.45) is 0 Å². The van der Waals surface area contributed by atoms with E-state index >= 15 is 0 Å². The number of rotatable bonds is 7. The van der Waals surface area contributed by atoms with Crippen LogP contribution in [0.1, 0.15) is 36.5 Å². The second kappa shape index (κ2) is 9.34. The molecular formula is C24H26N2O3. The molecule has 150 valence electrons. The number of hydroxylamine groups is 1. The molecule has 2 amide bonds. The molecule has 29 heavy (non-hydrogen) atoms. The standard InChI is InChI=1S/C24H26N2O3/c1-16(2)20-13-6-8-17(3)24(20)25-23(28)15-29-26-22(27)14-19-11-7-10-18-9-4-5-12-21(18)19/h4-13,16H,14-15H2,1-3H3,(H,25,28)(H,26,27). The third-order valence-electron chi connectivity index (χ3n) is 4.81. The lowest BCUT2D eigenvalue weighted by molar-refractivity contribution is -0.136. The summed E-state index contributed by atoms with van der Waals surface area (Å²) in [5, 5.41) is 5.00. The first-order valence-corrected chi connectivity index (χ1v) is 9.72. The second-order valence-electron chi connectivity index (χ2n) is 7.37. The molecule has 0 fully saturated rings. The largest absolute Gasteiger partial charge is 0.323 e. The number of hydrogen-bond donors (Lipinski definition) is 2. The van der Waals surface area contributed by atoms with Crippen LogP contribution in [0.3, 0.4) is 0 Å². The Hall–Kier alpha value is -3.18. The van der Waals surface area contributed by atoms with Crippen molar-refractivity contribution in [1.29, 1.82) is 0 Å². The number of benzene rings is 3. The summed E-state index contributed by atoms with van der Waals surface area (Å²) < 4.78 is 0. The molecule has 0 aliphatic heterocycles. The van der Waals surface area contributed by atoms with E-state index in [4.69, 9.17) is 4.84 Å². The molecule has 3 aromatic rings. The summed E-state index contributed by atoms with van der Waals surface area (Å²) in [6, 6.07) is 19.7. The number of carbonyl (C=O) groups is 2. The van der Waals surface area contributed by atoms with Crippen LogP contribution in [0, 0.1) is 6.92 Å². The average molecular weight is 390 g/mol. The predicted octanol–water partition coefficient (Wildman–Crippen LogP) is 4.50. The molecule has 0 aromatic heterocycles. The molecule has 0 saturated carbocycles. The number of carbonyl (C=O) groups excluding carboxylic acids is 2. The lowest BCUT2D eigenvalue weighted by atomic mass is 9.98. The Balaban J connectivity index is 1.54. The Morgan fingerprint density at radius 3 is 2.45 bits per heavy atom. The zero-order valence-electron chi connectivity index (χ0n) is 17.0. The van der Waals surface area contributed by atoms with Gasteiger partial charge in [-0.3, -0.25) is 14.4 Å². The van der Waals surface area contributed by atoms with Gasteiger partial charge in [0.05, 0.1) is 6.42 Å². The van der Waals surface area contributed by atoms with Crippen molar-refractivity contribution in [3.05, 3.63) is 77.4 Å². The number of nitrogens with one attached hydrogen (secondary N) is 2. The van der Waals surface area contributed by atoms with E-state index in [2.05, 4.69) is 24.6 Å². The van der Waals surface area contributed by atoms with Gasteiger partial charge in [-0.25, -0.2) is 5.48 Å². The first-order chi connectivity index (χ1) is 14.0. The lowest BCUT2D eigenvalue weighted by Gasteiger charge is -2.16. The van der Waals surface area contributed by atoms with E-state index in [0.29, 0.717) is 0 Å². The van der Waals surface area contributed by atoms with Gasteiger partial charge in [0.1, 0.15) is 0 Å². The minimum Gasteiger partial charge on any atom is -0.323 e. The summed E-state index contributed by atoms with van der Waals surface area (Å²) in [4.78, 5) is 29.6. The van der Waals surface area contributed by atoms with Gasteiger partial charge in [-0.2, -0.15) is 0 Å². The predicted molar refractivity (Wildman–Crippen MR) is 116 cm³/mol. The molecule has 0 atom stereocenters. The molecule has 0 radical (unpaired) electrons. The summed E-state index contributed by atoms with van der Waals surface area (Å²) in [6.07, 6.45) is 0.179. The molecule has 3 aromatic carbocycles. The van der Waals surface area contributed by atoms with E-state index < -0.39 is 0 Å². The molecule has 0 aliphatic rings. The summed E-state index contributed by atoms with van der Waals surface area (Å²) >= 11 is 0. The maximum atomic E-state index is 12.3.